The third-order valence-corrected chi connectivity index (χ3v) is 4.43. The Morgan fingerprint density at radius 3 is 2.68 bits per heavy atom. The first-order valence-corrected chi connectivity index (χ1v) is 8.95. The first kappa shape index (κ1) is 17.6. The molecule has 4 aromatic rings. The van der Waals surface area contributed by atoms with E-state index in [2.05, 4.69) is 25.5 Å². The molecule has 0 aliphatic rings. The smallest absolute Gasteiger partial charge is 0.265 e. The summed E-state index contributed by atoms with van der Waals surface area (Å²) in [6, 6.07) is 15.3. The molecular formula is C20H19N7O. The maximum Gasteiger partial charge on any atom is 0.265 e. The van der Waals surface area contributed by atoms with Crippen molar-refractivity contribution < 1.29 is 4.79 Å². The zero-order chi connectivity index (χ0) is 19.5. The minimum Gasteiger partial charge on any atom is -0.364 e. The molecule has 0 saturated heterocycles. The number of carbonyl (C=O) groups excluding carboxylic acids is 1. The fraction of sp³-hybridized carbons (Fsp3) is 0.150. The van der Waals surface area contributed by atoms with Crippen molar-refractivity contribution in [3.63, 3.8) is 0 Å². The molecule has 4 rings (SSSR count). The first-order chi connectivity index (χ1) is 13.7. The van der Waals surface area contributed by atoms with Crippen molar-refractivity contribution in [2.45, 2.75) is 19.9 Å². The van der Waals surface area contributed by atoms with Gasteiger partial charge in [0.25, 0.3) is 5.91 Å². The fourth-order valence-corrected chi connectivity index (χ4v) is 3.00. The van der Waals surface area contributed by atoms with E-state index in [4.69, 9.17) is 5.73 Å². The number of amides is 1. The van der Waals surface area contributed by atoms with Crippen molar-refractivity contribution in [1.82, 2.24) is 24.6 Å². The molecule has 0 spiro atoms. The summed E-state index contributed by atoms with van der Waals surface area (Å²) in [4.78, 5) is 20.7. The van der Waals surface area contributed by atoms with Gasteiger partial charge in [-0.25, -0.2) is 9.97 Å². The zero-order valence-corrected chi connectivity index (χ0v) is 15.3. The van der Waals surface area contributed by atoms with E-state index in [1.807, 2.05) is 43.3 Å². The van der Waals surface area contributed by atoms with Crippen molar-refractivity contribution in [3.8, 4) is 11.5 Å². The number of fused-ring (bicyclic) bond motifs is 1. The molecule has 0 unspecified atom stereocenters. The number of benzene rings is 1. The van der Waals surface area contributed by atoms with Gasteiger partial charge in [0.1, 0.15) is 23.4 Å². The molecule has 3 heterocycles. The number of pyridine rings is 1. The molecule has 3 N–H and O–H groups in total. The highest BCUT2D eigenvalue weighted by molar-refractivity contribution is 5.92. The first-order valence-electron chi connectivity index (χ1n) is 8.95. The maximum atomic E-state index is 11.6. The van der Waals surface area contributed by atoms with Gasteiger partial charge in [-0.2, -0.15) is 0 Å². The van der Waals surface area contributed by atoms with Crippen LogP contribution in [0.3, 0.4) is 0 Å². The number of aryl methyl sites for hydroxylation is 1. The van der Waals surface area contributed by atoms with Crippen molar-refractivity contribution in [3.05, 3.63) is 71.8 Å². The molecule has 140 valence electrons. The van der Waals surface area contributed by atoms with E-state index in [0.717, 1.165) is 11.3 Å². The highest BCUT2D eigenvalue weighted by atomic mass is 16.1. The van der Waals surface area contributed by atoms with Gasteiger partial charge in [0, 0.05) is 6.54 Å². The molecule has 1 amide bonds. The number of primary amides is 1. The molecule has 0 saturated carbocycles. The Hall–Kier alpha value is -3.81. The van der Waals surface area contributed by atoms with Gasteiger partial charge in [0.15, 0.2) is 5.82 Å². The van der Waals surface area contributed by atoms with Gasteiger partial charge < -0.3 is 11.1 Å². The molecule has 0 aliphatic heterocycles. The summed E-state index contributed by atoms with van der Waals surface area (Å²) >= 11 is 0. The fourth-order valence-electron chi connectivity index (χ4n) is 3.00. The van der Waals surface area contributed by atoms with E-state index in [9.17, 15) is 4.79 Å². The Balaban J connectivity index is 1.72. The summed E-state index contributed by atoms with van der Waals surface area (Å²) in [7, 11) is 0. The van der Waals surface area contributed by atoms with E-state index >= 15 is 0 Å². The lowest BCUT2D eigenvalue weighted by Crippen LogP contribution is -2.14. The number of nitrogens with zero attached hydrogens (tertiary/aromatic N) is 5. The molecule has 0 fully saturated rings. The lowest BCUT2D eigenvalue weighted by Gasteiger charge is -2.10. The normalized spacial score (nSPS) is 10.9. The topological polar surface area (TPSA) is 111 Å². The van der Waals surface area contributed by atoms with Crippen LogP contribution in [0.5, 0.6) is 0 Å². The van der Waals surface area contributed by atoms with Crippen LogP contribution in [0.4, 0.5) is 5.82 Å². The third kappa shape index (κ3) is 3.27. The number of aromatic nitrogens is 5. The van der Waals surface area contributed by atoms with Crippen molar-refractivity contribution in [2.75, 3.05) is 5.32 Å². The molecule has 0 atom stereocenters. The summed E-state index contributed by atoms with van der Waals surface area (Å²) in [6.07, 6.45) is 2.24. The predicted octanol–water partition coefficient (Wildman–Crippen LogP) is 2.46. The second-order valence-electron chi connectivity index (χ2n) is 6.25. The minimum atomic E-state index is -0.528. The van der Waals surface area contributed by atoms with E-state index in [0.29, 0.717) is 41.5 Å². The molecule has 8 nitrogen and oxygen atoms in total. The van der Waals surface area contributed by atoms with Crippen LogP contribution in [-0.4, -0.2) is 30.5 Å². The van der Waals surface area contributed by atoms with Crippen LogP contribution in [0.15, 0.2) is 54.9 Å². The molecular weight excluding hydrogens is 354 g/mol. The lowest BCUT2D eigenvalue weighted by atomic mass is 10.2. The largest absolute Gasteiger partial charge is 0.364 e. The molecule has 0 aliphatic carbocycles. The van der Waals surface area contributed by atoms with Gasteiger partial charge in [0.2, 0.25) is 5.82 Å². The number of nitrogens with two attached hydrogens (primary N) is 1. The number of imidazole rings is 1. The average Bonchev–Trinajstić information content (AvgIpc) is 3.17. The second kappa shape index (κ2) is 7.43. The Morgan fingerprint density at radius 1 is 1.11 bits per heavy atom. The average molecular weight is 373 g/mol. The number of nitrogens with one attached hydrogen (secondary N) is 1. The van der Waals surface area contributed by atoms with Crippen LogP contribution in [0.25, 0.3) is 17.0 Å². The molecule has 0 bridgehead atoms. The highest BCUT2D eigenvalue weighted by Crippen LogP contribution is 2.23. The van der Waals surface area contributed by atoms with Crippen molar-refractivity contribution in [1.29, 1.82) is 0 Å². The molecule has 1 aromatic carbocycles. The standard InChI is InChI=1S/C20H19N7O/c1-2-14-19(22-11-13-7-4-3-5-8-13)24-20(26-25-14)17-15-9-6-10-16(18(21)28)27(15)12-23-17/h3-10,12H,2,11H2,1H3,(H2,21,28)(H,22,24,26). The van der Waals surface area contributed by atoms with Gasteiger partial charge in [-0.3, -0.25) is 9.20 Å². The number of hydrogen-bond donors (Lipinski definition) is 2. The van der Waals surface area contributed by atoms with Crippen LogP contribution in [-0.2, 0) is 13.0 Å². The van der Waals surface area contributed by atoms with Crippen molar-refractivity contribution >= 4 is 17.2 Å². The van der Waals surface area contributed by atoms with Crippen molar-refractivity contribution in [2.24, 2.45) is 5.73 Å². The summed E-state index contributed by atoms with van der Waals surface area (Å²) in [6.45, 7) is 2.63. The molecule has 8 heteroatoms. The van der Waals surface area contributed by atoms with Gasteiger partial charge in [-0.05, 0) is 24.1 Å². The predicted molar refractivity (Wildman–Crippen MR) is 106 cm³/mol. The van der Waals surface area contributed by atoms with Gasteiger partial charge in [-0.15, -0.1) is 10.2 Å². The summed E-state index contributed by atoms with van der Waals surface area (Å²) < 4.78 is 1.63. The minimum absolute atomic E-state index is 0.344. The van der Waals surface area contributed by atoms with E-state index in [1.54, 1.807) is 22.9 Å². The summed E-state index contributed by atoms with van der Waals surface area (Å²) in [5.74, 6) is 0.528. The number of carbonyl (C=O) groups is 1. The maximum absolute atomic E-state index is 11.6. The lowest BCUT2D eigenvalue weighted by molar-refractivity contribution is 0.0994. The van der Waals surface area contributed by atoms with Crippen LogP contribution in [0, 0.1) is 0 Å². The Bertz CT molecular complexity index is 1140. The Labute approximate surface area is 161 Å². The number of rotatable bonds is 6. The van der Waals surface area contributed by atoms with Gasteiger partial charge >= 0.3 is 0 Å². The monoisotopic (exact) mass is 373 g/mol. The van der Waals surface area contributed by atoms with E-state index in [1.165, 1.54) is 0 Å². The number of anilines is 1. The zero-order valence-electron chi connectivity index (χ0n) is 15.3. The van der Waals surface area contributed by atoms with E-state index < -0.39 is 5.91 Å². The van der Waals surface area contributed by atoms with Gasteiger partial charge in [-0.1, -0.05) is 43.3 Å². The van der Waals surface area contributed by atoms with Crippen LogP contribution >= 0.6 is 0 Å². The summed E-state index contributed by atoms with van der Waals surface area (Å²) in [5, 5.41) is 11.9. The third-order valence-electron chi connectivity index (χ3n) is 4.43. The number of hydrogen-bond acceptors (Lipinski definition) is 6. The van der Waals surface area contributed by atoms with Crippen LogP contribution < -0.4 is 11.1 Å². The van der Waals surface area contributed by atoms with E-state index in [-0.39, 0.29) is 0 Å². The van der Waals surface area contributed by atoms with Crippen LogP contribution in [0.1, 0.15) is 28.7 Å². The highest BCUT2D eigenvalue weighted by Gasteiger charge is 2.16. The summed E-state index contributed by atoms with van der Waals surface area (Å²) in [5.41, 5.74) is 8.94. The Morgan fingerprint density at radius 2 is 1.93 bits per heavy atom. The van der Waals surface area contributed by atoms with Crippen LogP contribution in [0.2, 0.25) is 0 Å². The quantitative estimate of drug-likeness (QED) is 0.537. The molecule has 3 aromatic heterocycles. The van der Waals surface area contributed by atoms with Gasteiger partial charge in [0.05, 0.1) is 5.52 Å². The Kier molecular flexibility index (Phi) is 4.67. The SMILES string of the molecule is CCc1nnc(-c2ncn3c(C(N)=O)cccc23)nc1NCc1ccccc1. The molecule has 28 heavy (non-hydrogen) atoms. The molecule has 0 radical (unpaired) electrons. The second-order valence-corrected chi connectivity index (χ2v) is 6.25.